The maximum atomic E-state index is 12.6. The minimum absolute atomic E-state index is 0.105. The van der Waals surface area contributed by atoms with Crippen LogP contribution in [-0.4, -0.2) is 38.8 Å². The first kappa shape index (κ1) is 17.7. The van der Waals surface area contributed by atoms with E-state index in [2.05, 4.69) is 20.4 Å². The molecule has 1 amide bonds. The summed E-state index contributed by atoms with van der Waals surface area (Å²) in [5.41, 5.74) is 2.55. The van der Waals surface area contributed by atoms with Gasteiger partial charge in [-0.3, -0.25) is 9.48 Å². The lowest BCUT2D eigenvalue weighted by Gasteiger charge is -2.13. The molecular weight excluding hydrogens is 358 g/mol. The standard InChI is InChI=1S/C20H19N5O3/c1-13(10-25-12-21-11-22-25)23-19(26)14-6-7-17-18(9-14)28-20(24-17)15-4-3-5-16(8-15)27-2/h3-9,11-13H,10H2,1-2H3,(H,23,26). The molecule has 0 saturated carbocycles. The molecule has 0 radical (unpaired) electrons. The average Bonchev–Trinajstić information content (AvgIpc) is 3.36. The maximum Gasteiger partial charge on any atom is 0.251 e. The molecule has 0 aliphatic carbocycles. The number of nitrogens with one attached hydrogen (secondary N) is 1. The third-order valence-corrected chi connectivity index (χ3v) is 4.27. The van der Waals surface area contributed by atoms with Crippen LogP contribution in [0.3, 0.4) is 0 Å². The molecule has 28 heavy (non-hydrogen) atoms. The number of oxazole rings is 1. The zero-order chi connectivity index (χ0) is 19.5. The molecule has 0 spiro atoms. The first-order valence-electron chi connectivity index (χ1n) is 8.80. The highest BCUT2D eigenvalue weighted by Crippen LogP contribution is 2.27. The molecule has 2 aromatic carbocycles. The van der Waals surface area contributed by atoms with Crippen LogP contribution in [0.1, 0.15) is 17.3 Å². The van der Waals surface area contributed by atoms with E-state index in [0.717, 1.165) is 11.3 Å². The van der Waals surface area contributed by atoms with Crippen molar-refractivity contribution in [3.05, 3.63) is 60.7 Å². The fourth-order valence-corrected chi connectivity index (χ4v) is 2.91. The smallest absolute Gasteiger partial charge is 0.251 e. The minimum atomic E-state index is -0.186. The Hall–Kier alpha value is -3.68. The number of fused-ring (bicyclic) bond motifs is 1. The maximum absolute atomic E-state index is 12.6. The summed E-state index contributed by atoms with van der Waals surface area (Å²) in [4.78, 5) is 20.9. The summed E-state index contributed by atoms with van der Waals surface area (Å²) in [5, 5.41) is 6.99. The molecule has 1 atom stereocenters. The van der Waals surface area contributed by atoms with Crippen LogP contribution in [0.4, 0.5) is 0 Å². The van der Waals surface area contributed by atoms with Gasteiger partial charge in [-0.2, -0.15) is 5.10 Å². The van der Waals surface area contributed by atoms with Crippen molar-refractivity contribution in [2.45, 2.75) is 19.5 Å². The predicted molar refractivity (Wildman–Crippen MR) is 103 cm³/mol. The number of amides is 1. The van der Waals surface area contributed by atoms with Gasteiger partial charge >= 0.3 is 0 Å². The van der Waals surface area contributed by atoms with E-state index >= 15 is 0 Å². The fourth-order valence-electron chi connectivity index (χ4n) is 2.91. The molecule has 142 valence electrons. The lowest BCUT2D eigenvalue weighted by molar-refractivity contribution is 0.0936. The Morgan fingerprint density at radius 1 is 1.29 bits per heavy atom. The Labute approximate surface area is 161 Å². The number of ether oxygens (including phenoxy) is 1. The fraction of sp³-hybridized carbons (Fsp3) is 0.200. The summed E-state index contributed by atoms with van der Waals surface area (Å²) >= 11 is 0. The number of benzene rings is 2. The van der Waals surface area contributed by atoms with E-state index in [4.69, 9.17) is 9.15 Å². The van der Waals surface area contributed by atoms with Crippen molar-refractivity contribution in [3.8, 4) is 17.2 Å². The van der Waals surface area contributed by atoms with Gasteiger partial charge < -0.3 is 14.5 Å². The van der Waals surface area contributed by atoms with Gasteiger partial charge in [0.15, 0.2) is 5.58 Å². The van der Waals surface area contributed by atoms with Crippen LogP contribution in [0, 0.1) is 0 Å². The van der Waals surface area contributed by atoms with E-state index < -0.39 is 0 Å². The third kappa shape index (κ3) is 3.71. The number of hydrogen-bond donors (Lipinski definition) is 1. The van der Waals surface area contributed by atoms with Crippen molar-refractivity contribution in [1.29, 1.82) is 0 Å². The summed E-state index contributed by atoms with van der Waals surface area (Å²) in [6, 6.07) is 12.6. The van der Waals surface area contributed by atoms with E-state index in [9.17, 15) is 4.79 Å². The molecular formula is C20H19N5O3. The van der Waals surface area contributed by atoms with Crippen molar-refractivity contribution < 1.29 is 13.9 Å². The molecule has 0 aliphatic rings. The highest BCUT2D eigenvalue weighted by Gasteiger charge is 2.14. The number of aromatic nitrogens is 4. The van der Waals surface area contributed by atoms with Gasteiger partial charge in [-0.25, -0.2) is 9.97 Å². The first-order chi connectivity index (χ1) is 13.6. The SMILES string of the molecule is COc1cccc(-c2nc3ccc(C(=O)NC(C)Cn4cncn4)cc3o2)c1. The molecule has 2 aromatic heterocycles. The topological polar surface area (TPSA) is 95.1 Å². The molecule has 0 bridgehead atoms. The van der Waals surface area contributed by atoms with Gasteiger partial charge in [0.05, 0.1) is 13.7 Å². The van der Waals surface area contributed by atoms with Crippen LogP contribution in [0.15, 0.2) is 59.5 Å². The average molecular weight is 377 g/mol. The molecule has 0 fully saturated rings. The largest absolute Gasteiger partial charge is 0.497 e. The Bertz CT molecular complexity index is 1100. The second kappa shape index (κ2) is 7.51. The monoisotopic (exact) mass is 377 g/mol. The molecule has 0 aliphatic heterocycles. The van der Waals surface area contributed by atoms with E-state index in [1.54, 1.807) is 36.3 Å². The number of rotatable bonds is 6. The van der Waals surface area contributed by atoms with Crippen molar-refractivity contribution in [2.24, 2.45) is 0 Å². The first-order valence-corrected chi connectivity index (χ1v) is 8.80. The molecule has 8 heteroatoms. The third-order valence-electron chi connectivity index (χ3n) is 4.27. The number of nitrogens with zero attached hydrogens (tertiary/aromatic N) is 4. The minimum Gasteiger partial charge on any atom is -0.497 e. The summed E-state index contributed by atoms with van der Waals surface area (Å²) < 4.78 is 12.8. The van der Waals surface area contributed by atoms with Crippen LogP contribution in [0.2, 0.25) is 0 Å². The summed E-state index contributed by atoms with van der Waals surface area (Å²) in [5.74, 6) is 1.01. The molecule has 4 rings (SSSR count). The second-order valence-corrected chi connectivity index (χ2v) is 6.43. The molecule has 1 unspecified atom stereocenters. The highest BCUT2D eigenvalue weighted by atomic mass is 16.5. The number of carbonyl (C=O) groups is 1. The lowest BCUT2D eigenvalue weighted by Crippen LogP contribution is -2.35. The molecule has 1 N–H and O–H groups in total. The van der Waals surface area contributed by atoms with Crippen molar-refractivity contribution in [2.75, 3.05) is 7.11 Å². The van der Waals surface area contributed by atoms with E-state index in [1.165, 1.54) is 6.33 Å². The summed E-state index contributed by atoms with van der Waals surface area (Å²) in [7, 11) is 1.61. The Kier molecular flexibility index (Phi) is 4.76. The van der Waals surface area contributed by atoms with Gasteiger partial charge in [-0.1, -0.05) is 6.07 Å². The lowest BCUT2D eigenvalue weighted by atomic mass is 10.2. The zero-order valence-corrected chi connectivity index (χ0v) is 15.5. The summed E-state index contributed by atoms with van der Waals surface area (Å²) in [6.45, 7) is 2.45. The Balaban J connectivity index is 1.53. The van der Waals surface area contributed by atoms with Crippen LogP contribution < -0.4 is 10.1 Å². The molecule has 2 heterocycles. The van der Waals surface area contributed by atoms with Crippen molar-refractivity contribution in [3.63, 3.8) is 0 Å². The van der Waals surface area contributed by atoms with Gasteiger partial charge in [0, 0.05) is 17.2 Å². The van der Waals surface area contributed by atoms with E-state index in [1.807, 2.05) is 31.2 Å². The van der Waals surface area contributed by atoms with Crippen LogP contribution in [0.5, 0.6) is 5.75 Å². The molecule has 8 nitrogen and oxygen atoms in total. The van der Waals surface area contributed by atoms with Gasteiger partial charge in [0.25, 0.3) is 5.91 Å². The summed E-state index contributed by atoms with van der Waals surface area (Å²) in [6.07, 6.45) is 3.08. The Morgan fingerprint density at radius 2 is 2.18 bits per heavy atom. The highest BCUT2D eigenvalue weighted by molar-refractivity contribution is 5.97. The van der Waals surface area contributed by atoms with Crippen LogP contribution in [0.25, 0.3) is 22.6 Å². The number of carbonyl (C=O) groups excluding carboxylic acids is 1. The van der Waals surface area contributed by atoms with E-state index in [0.29, 0.717) is 29.1 Å². The van der Waals surface area contributed by atoms with E-state index in [-0.39, 0.29) is 11.9 Å². The number of hydrogen-bond acceptors (Lipinski definition) is 6. The quantitative estimate of drug-likeness (QED) is 0.555. The van der Waals surface area contributed by atoms with Gasteiger partial charge in [0.2, 0.25) is 5.89 Å². The van der Waals surface area contributed by atoms with Crippen molar-refractivity contribution in [1.82, 2.24) is 25.1 Å². The van der Waals surface area contributed by atoms with Gasteiger partial charge in [0.1, 0.15) is 23.9 Å². The Morgan fingerprint density at radius 3 is 2.96 bits per heavy atom. The normalized spacial score (nSPS) is 12.1. The van der Waals surface area contributed by atoms with Crippen molar-refractivity contribution >= 4 is 17.0 Å². The predicted octanol–water partition coefficient (Wildman–Crippen LogP) is 2.91. The van der Waals surface area contributed by atoms with Gasteiger partial charge in [-0.05, 0) is 43.3 Å². The zero-order valence-electron chi connectivity index (χ0n) is 15.5. The number of methoxy groups -OCH3 is 1. The van der Waals surface area contributed by atoms with Gasteiger partial charge in [-0.15, -0.1) is 0 Å². The molecule has 4 aromatic rings. The van der Waals surface area contributed by atoms with Crippen LogP contribution >= 0.6 is 0 Å². The second-order valence-electron chi connectivity index (χ2n) is 6.43. The van der Waals surface area contributed by atoms with Crippen LogP contribution in [-0.2, 0) is 6.54 Å². The molecule has 0 saturated heterocycles.